The number of hydrogen-bond donors (Lipinski definition) is 1. The molecule has 0 saturated heterocycles. The summed E-state index contributed by atoms with van der Waals surface area (Å²) in [7, 11) is 0. The molecule has 0 aromatic rings. The Hall–Kier alpha value is -0.0400. The second-order valence-corrected chi connectivity index (χ2v) is 4.89. The van der Waals surface area contributed by atoms with Crippen molar-refractivity contribution in [3.63, 3.8) is 0 Å². The number of nitrogens with one attached hydrogen (secondary N) is 1. The second kappa shape index (κ2) is 6.44. The van der Waals surface area contributed by atoms with Gasteiger partial charge < -0.3 is 5.32 Å². The lowest BCUT2D eigenvalue weighted by molar-refractivity contribution is 0.221. The second-order valence-electron chi connectivity index (χ2n) is 4.89. The number of unbranched alkanes of at least 4 members (excludes halogenated alkanes) is 1. The Morgan fingerprint density at radius 1 is 1.29 bits per heavy atom. The molecule has 1 saturated carbocycles. The Balaban J connectivity index is 2.16. The molecule has 1 rings (SSSR count). The summed E-state index contributed by atoms with van der Waals surface area (Å²) in [6, 6.07) is 1.52. The van der Waals surface area contributed by atoms with Crippen molar-refractivity contribution in [2.24, 2.45) is 5.92 Å². The van der Waals surface area contributed by atoms with E-state index >= 15 is 0 Å². The Kier molecular flexibility index (Phi) is 5.54. The van der Waals surface area contributed by atoms with E-state index in [0.717, 1.165) is 18.0 Å². The van der Waals surface area contributed by atoms with Crippen LogP contribution in [0.25, 0.3) is 0 Å². The van der Waals surface area contributed by atoms with E-state index in [1.165, 1.54) is 44.9 Å². The van der Waals surface area contributed by atoms with E-state index < -0.39 is 0 Å². The average Bonchev–Trinajstić information content (AvgIpc) is 2.09. The molecule has 0 radical (unpaired) electrons. The molecule has 1 aliphatic rings. The van der Waals surface area contributed by atoms with Gasteiger partial charge in [0.15, 0.2) is 0 Å². The zero-order valence-electron chi connectivity index (χ0n) is 10.2. The minimum atomic E-state index is 0.755. The van der Waals surface area contributed by atoms with E-state index in [-0.39, 0.29) is 0 Å². The summed E-state index contributed by atoms with van der Waals surface area (Å²) in [5, 5.41) is 3.80. The van der Waals surface area contributed by atoms with Gasteiger partial charge in [-0.05, 0) is 38.5 Å². The van der Waals surface area contributed by atoms with Gasteiger partial charge in [-0.25, -0.2) is 0 Å². The first kappa shape index (κ1) is 12.0. The summed E-state index contributed by atoms with van der Waals surface area (Å²) < 4.78 is 0. The molecule has 1 aliphatic carbocycles. The Morgan fingerprint density at radius 3 is 2.43 bits per heavy atom. The summed E-state index contributed by atoms with van der Waals surface area (Å²) in [6.07, 6.45) is 9.74. The van der Waals surface area contributed by atoms with Crippen LogP contribution in [0.15, 0.2) is 0 Å². The highest BCUT2D eigenvalue weighted by Gasteiger charge is 2.24. The molecule has 1 nitrogen and oxygen atoms in total. The van der Waals surface area contributed by atoms with Gasteiger partial charge in [-0.15, -0.1) is 0 Å². The van der Waals surface area contributed by atoms with Crippen LogP contribution in [0.1, 0.15) is 65.7 Å². The van der Waals surface area contributed by atoms with E-state index in [4.69, 9.17) is 0 Å². The fourth-order valence-corrected chi connectivity index (χ4v) is 2.30. The van der Waals surface area contributed by atoms with Crippen molar-refractivity contribution < 1.29 is 0 Å². The molecule has 0 heterocycles. The van der Waals surface area contributed by atoms with Crippen LogP contribution in [0.4, 0.5) is 0 Å². The molecule has 14 heavy (non-hydrogen) atoms. The van der Waals surface area contributed by atoms with Crippen molar-refractivity contribution in [2.75, 3.05) is 0 Å². The van der Waals surface area contributed by atoms with Crippen LogP contribution in [-0.4, -0.2) is 12.1 Å². The summed E-state index contributed by atoms with van der Waals surface area (Å²) in [5.74, 6) is 0.977. The standard InChI is InChI=1S/C13H27N/c1-4-6-10-13(5-2)14-11(3)12-8-7-9-12/h11-14H,4-10H2,1-3H3. The lowest BCUT2D eigenvalue weighted by atomic mass is 9.80. The molecule has 0 aliphatic heterocycles. The van der Waals surface area contributed by atoms with E-state index in [1.807, 2.05) is 0 Å². The first-order valence-corrected chi connectivity index (χ1v) is 6.54. The average molecular weight is 197 g/mol. The largest absolute Gasteiger partial charge is 0.311 e. The van der Waals surface area contributed by atoms with Crippen molar-refractivity contribution in [3.05, 3.63) is 0 Å². The molecule has 1 heteroatoms. The third-order valence-corrected chi connectivity index (χ3v) is 3.75. The highest BCUT2D eigenvalue weighted by atomic mass is 14.9. The maximum atomic E-state index is 3.80. The molecular weight excluding hydrogens is 170 g/mol. The molecule has 2 atom stereocenters. The predicted octanol–water partition coefficient (Wildman–Crippen LogP) is 3.73. The fraction of sp³-hybridized carbons (Fsp3) is 1.00. The van der Waals surface area contributed by atoms with Crippen molar-refractivity contribution in [1.82, 2.24) is 5.32 Å². The van der Waals surface area contributed by atoms with Crippen molar-refractivity contribution >= 4 is 0 Å². The number of rotatable bonds is 7. The van der Waals surface area contributed by atoms with Gasteiger partial charge in [-0.1, -0.05) is 33.1 Å². The summed E-state index contributed by atoms with van der Waals surface area (Å²) >= 11 is 0. The van der Waals surface area contributed by atoms with Crippen LogP contribution in [0.2, 0.25) is 0 Å². The lowest BCUT2D eigenvalue weighted by Crippen LogP contribution is -2.42. The molecule has 0 amide bonds. The molecular formula is C13H27N. The topological polar surface area (TPSA) is 12.0 Å². The summed E-state index contributed by atoms with van der Waals surface area (Å²) in [4.78, 5) is 0. The van der Waals surface area contributed by atoms with Crippen LogP contribution in [0.5, 0.6) is 0 Å². The van der Waals surface area contributed by atoms with E-state index in [2.05, 4.69) is 26.1 Å². The molecule has 0 bridgehead atoms. The first-order chi connectivity index (χ1) is 6.77. The van der Waals surface area contributed by atoms with E-state index in [1.54, 1.807) is 0 Å². The van der Waals surface area contributed by atoms with E-state index in [0.29, 0.717) is 0 Å². The minimum absolute atomic E-state index is 0.755. The van der Waals surface area contributed by atoms with Gasteiger partial charge in [0.25, 0.3) is 0 Å². The molecule has 0 aromatic carbocycles. The lowest BCUT2D eigenvalue weighted by Gasteiger charge is -2.34. The van der Waals surface area contributed by atoms with Gasteiger partial charge in [0, 0.05) is 12.1 Å². The van der Waals surface area contributed by atoms with Gasteiger partial charge in [0.1, 0.15) is 0 Å². The van der Waals surface area contributed by atoms with Gasteiger partial charge in [0.05, 0.1) is 0 Å². The predicted molar refractivity (Wildman–Crippen MR) is 63.5 cm³/mol. The quantitative estimate of drug-likeness (QED) is 0.655. The van der Waals surface area contributed by atoms with Crippen molar-refractivity contribution in [1.29, 1.82) is 0 Å². The number of hydrogen-bond acceptors (Lipinski definition) is 1. The van der Waals surface area contributed by atoms with Crippen LogP contribution in [-0.2, 0) is 0 Å². The molecule has 1 fully saturated rings. The normalized spacial score (nSPS) is 21.6. The molecule has 0 aromatic heterocycles. The van der Waals surface area contributed by atoms with Crippen LogP contribution in [0, 0.1) is 5.92 Å². The van der Waals surface area contributed by atoms with Gasteiger partial charge in [-0.2, -0.15) is 0 Å². The third kappa shape index (κ3) is 3.61. The summed E-state index contributed by atoms with van der Waals surface area (Å²) in [6.45, 7) is 6.96. The highest BCUT2D eigenvalue weighted by Crippen LogP contribution is 2.29. The first-order valence-electron chi connectivity index (χ1n) is 6.54. The Bertz CT molecular complexity index is 140. The minimum Gasteiger partial charge on any atom is -0.311 e. The van der Waals surface area contributed by atoms with Gasteiger partial charge >= 0.3 is 0 Å². The Morgan fingerprint density at radius 2 is 2.00 bits per heavy atom. The smallest absolute Gasteiger partial charge is 0.00695 e. The maximum Gasteiger partial charge on any atom is 0.00695 e. The molecule has 1 N–H and O–H groups in total. The van der Waals surface area contributed by atoms with Crippen LogP contribution in [0.3, 0.4) is 0 Å². The SMILES string of the molecule is CCCCC(CC)NC(C)C1CCC1. The van der Waals surface area contributed by atoms with E-state index in [9.17, 15) is 0 Å². The zero-order valence-corrected chi connectivity index (χ0v) is 10.2. The zero-order chi connectivity index (χ0) is 10.4. The van der Waals surface area contributed by atoms with Crippen LogP contribution < -0.4 is 5.32 Å². The monoisotopic (exact) mass is 197 g/mol. The maximum absolute atomic E-state index is 3.80. The van der Waals surface area contributed by atoms with Crippen molar-refractivity contribution in [2.45, 2.75) is 77.8 Å². The Labute approximate surface area is 89.7 Å². The van der Waals surface area contributed by atoms with Gasteiger partial charge in [-0.3, -0.25) is 0 Å². The molecule has 0 spiro atoms. The van der Waals surface area contributed by atoms with Crippen molar-refractivity contribution in [3.8, 4) is 0 Å². The third-order valence-electron chi connectivity index (χ3n) is 3.75. The fourth-order valence-electron chi connectivity index (χ4n) is 2.30. The van der Waals surface area contributed by atoms with Gasteiger partial charge in [0.2, 0.25) is 0 Å². The molecule has 84 valence electrons. The highest BCUT2D eigenvalue weighted by molar-refractivity contribution is 4.81. The van der Waals surface area contributed by atoms with Crippen LogP contribution >= 0.6 is 0 Å². The molecule has 2 unspecified atom stereocenters. The summed E-state index contributed by atoms with van der Waals surface area (Å²) in [5.41, 5.74) is 0.